The minimum absolute atomic E-state index is 0.0824. The average molecular weight is 215 g/mol. The molecule has 0 spiro atoms. The van der Waals surface area contributed by atoms with Gasteiger partial charge >= 0.3 is 12.0 Å². The molecule has 15 heavy (non-hydrogen) atoms. The lowest BCUT2D eigenvalue weighted by molar-refractivity contribution is -0.139. The number of carboxylic acid groups (broad SMARTS) is 1. The van der Waals surface area contributed by atoms with Gasteiger partial charge in [-0.3, -0.25) is 19.8 Å². The van der Waals surface area contributed by atoms with Crippen LogP contribution in [0.5, 0.6) is 0 Å². The highest BCUT2D eigenvalue weighted by molar-refractivity contribution is 5.94. The van der Waals surface area contributed by atoms with Crippen molar-refractivity contribution >= 4 is 17.9 Å². The summed E-state index contributed by atoms with van der Waals surface area (Å²) in [7, 11) is 0. The Kier molecular flexibility index (Phi) is 3.62. The van der Waals surface area contributed by atoms with E-state index in [9.17, 15) is 14.4 Å². The van der Waals surface area contributed by atoms with Gasteiger partial charge in [-0.15, -0.1) is 0 Å². The van der Waals surface area contributed by atoms with Crippen LogP contribution in [0.3, 0.4) is 0 Å². The van der Waals surface area contributed by atoms with Gasteiger partial charge in [0.1, 0.15) is 0 Å². The monoisotopic (exact) mass is 215 g/mol. The second-order valence-electron chi connectivity index (χ2n) is 3.57. The number of likely N-dealkylation sites (tertiary alicyclic amines) is 1. The molecule has 0 bridgehead atoms. The van der Waals surface area contributed by atoms with Crippen molar-refractivity contribution in [2.24, 2.45) is 11.7 Å². The molecule has 0 unspecified atom stereocenters. The number of imide groups is 1. The number of nitrogens with two attached hydrogens (primary N) is 1. The maximum Gasteiger partial charge on any atom is 0.318 e. The second-order valence-corrected chi connectivity index (χ2v) is 3.57. The molecule has 0 aromatic carbocycles. The Morgan fingerprint density at radius 3 is 2.47 bits per heavy atom. The number of nitrogens with zero attached hydrogens (tertiary/aromatic N) is 1. The third kappa shape index (κ3) is 3.94. The number of hydrogen-bond acceptors (Lipinski definition) is 4. The predicted octanol–water partition coefficient (Wildman–Crippen LogP) is -1.41. The maximum absolute atomic E-state index is 11.0. The second kappa shape index (κ2) is 4.74. The van der Waals surface area contributed by atoms with Crippen molar-refractivity contribution in [2.45, 2.75) is 6.42 Å². The average Bonchev–Trinajstić information content (AvgIpc) is 1.97. The number of aliphatic carboxylic acids is 1. The molecule has 1 saturated heterocycles. The van der Waals surface area contributed by atoms with E-state index in [0.717, 1.165) is 0 Å². The number of urea groups is 1. The fourth-order valence-electron chi connectivity index (χ4n) is 1.56. The van der Waals surface area contributed by atoms with E-state index in [1.54, 1.807) is 4.90 Å². The van der Waals surface area contributed by atoms with Gasteiger partial charge in [-0.1, -0.05) is 0 Å². The van der Waals surface area contributed by atoms with Crippen LogP contribution in [0.2, 0.25) is 0 Å². The number of rotatable bonds is 4. The summed E-state index contributed by atoms with van der Waals surface area (Å²) in [6.45, 7) is 1.22. The maximum atomic E-state index is 11.0. The summed E-state index contributed by atoms with van der Waals surface area (Å²) < 4.78 is 0. The standard InChI is InChI=1S/C8H13N3O4/c9-8(15)10-6(12)4-11-2-5(3-11)1-7(13)14/h5H,1-4H2,(H,13,14)(H3,9,10,12,15). The van der Waals surface area contributed by atoms with Crippen molar-refractivity contribution in [3.63, 3.8) is 0 Å². The fraction of sp³-hybridized carbons (Fsp3) is 0.625. The zero-order valence-electron chi connectivity index (χ0n) is 8.10. The predicted molar refractivity (Wildman–Crippen MR) is 49.9 cm³/mol. The van der Waals surface area contributed by atoms with Crippen LogP contribution < -0.4 is 11.1 Å². The van der Waals surface area contributed by atoms with E-state index in [2.05, 4.69) is 0 Å². The van der Waals surface area contributed by atoms with E-state index >= 15 is 0 Å². The molecule has 0 aliphatic carbocycles. The number of carboxylic acids is 1. The Labute approximate surface area is 86.2 Å². The van der Waals surface area contributed by atoms with Gasteiger partial charge < -0.3 is 10.8 Å². The zero-order chi connectivity index (χ0) is 11.4. The molecule has 1 rings (SSSR count). The molecule has 3 amide bonds. The molecule has 0 aromatic rings. The molecule has 7 heteroatoms. The number of primary amides is 1. The molecule has 1 aliphatic rings. The molecule has 0 atom stereocenters. The summed E-state index contributed by atoms with van der Waals surface area (Å²) in [4.78, 5) is 33.4. The molecule has 1 fully saturated rings. The lowest BCUT2D eigenvalue weighted by Crippen LogP contribution is -2.52. The number of hydrogen-bond donors (Lipinski definition) is 3. The van der Waals surface area contributed by atoms with Crippen LogP contribution in [0.1, 0.15) is 6.42 Å². The van der Waals surface area contributed by atoms with E-state index < -0.39 is 17.9 Å². The van der Waals surface area contributed by atoms with Gasteiger partial charge in [-0.2, -0.15) is 0 Å². The normalized spacial score (nSPS) is 16.8. The summed E-state index contributed by atoms with van der Waals surface area (Å²) in [5.41, 5.74) is 4.75. The third-order valence-corrected chi connectivity index (χ3v) is 2.13. The van der Waals surface area contributed by atoms with Gasteiger partial charge in [0.05, 0.1) is 13.0 Å². The smallest absolute Gasteiger partial charge is 0.318 e. The lowest BCUT2D eigenvalue weighted by Gasteiger charge is -2.37. The fourth-order valence-corrected chi connectivity index (χ4v) is 1.56. The van der Waals surface area contributed by atoms with Gasteiger partial charge in [0.25, 0.3) is 0 Å². The van der Waals surface area contributed by atoms with Crippen LogP contribution in [0.4, 0.5) is 4.79 Å². The first-order valence-corrected chi connectivity index (χ1v) is 4.51. The molecular weight excluding hydrogens is 202 g/mol. The molecule has 7 nitrogen and oxygen atoms in total. The van der Waals surface area contributed by atoms with Crippen molar-refractivity contribution in [3.8, 4) is 0 Å². The minimum atomic E-state index is -0.873. The SMILES string of the molecule is NC(=O)NC(=O)CN1CC(CC(=O)O)C1. The summed E-state index contributed by atoms with van der Waals surface area (Å²) in [6, 6.07) is -0.873. The lowest BCUT2D eigenvalue weighted by atomic mass is 9.96. The molecular formula is C8H13N3O4. The van der Waals surface area contributed by atoms with Crippen molar-refractivity contribution in [2.75, 3.05) is 19.6 Å². The number of nitrogens with one attached hydrogen (secondary N) is 1. The minimum Gasteiger partial charge on any atom is -0.481 e. The molecule has 0 radical (unpaired) electrons. The molecule has 0 saturated carbocycles. The Bertz CT molecular complexity index is 286. The van der Waals surface area contributed by atoms with E-state index in [1.165, 1.54) is 0 Å². The van der Waals surface area contributed by atoms with Gasteiger partial charge in [-0.25, -0.2) is 4.79 Å². The zero-order valence-corrected chi connectivity index (χ0v) is 8.10. The van der Waals surface area contributed by atoms with Crippen LogP contribution in [-0.4, -0.2) is 47.5 Å². The quantitative estimate of drug-likeness (QED) is 0.533. The number of carbonyl (C=O) groups excluding carboxylic acids is 2. The largest absolute Gasteiger partial charge is 0.481 e. The highest BCUT2D eigenvalue weighted by Crippen LogP contribution is 2.17. The first kappa shape index (κ1) is 11.4. The Balaban J connectivity index is 2.14. The molecule has 1 aliphatic heterocycles. The third-order valence-electron chi connectivity index (χ3n) is 2.13. The van der Waals surface area contributed by atoms with Crippen LogP contribution in [-0.2, 0) is 9.59 Å². The summed E-state index contributed by atoms with van der Waals surface area (Å²) in [6.07, 6.45) is 0.119. The molecule has 4 N–H and O–H groups in total. The Morgan fingerprint density at radius 2 is 2.00 bits per heavy atom. The topological polar surface area (TPSA) is 113 Å². The number of amides is 3. The molecule has 0 aromatic heterocycles. The summed E-state index contributed by atoms with van der Waals surface area (Å²) in [5, 5.41) is 10.4. The van der Waals surface area contributed by atoms with Gasteiger partial charge in [0.2, 0.25) is 5.91 Å². The van der Waals surface area contributed by atoms with Crippen molar-refractivity contribution < 1.29 is 19.5 Å². The van der Waals surface area contributed by atoms with Crippen LogP contribution in [0.15, 0.2) is 0 Å². The Hall–Kier alpha value is -1.63. The van der Waals surface area contributed by atoms with Crippen molar-refractivity contribution in [3.05, 3.63) is 0 Å². The highest BCUT2D eigenvalue weighted by atomic mass is 16.4. The van der Waals surface area contributed by atoms with Crippen molar-refractivity contribution in [1.82, 2.24) is 10.2 Å². The van der Waals surface area contributed by atoms with Crippen LogP contribution in [0.25, 0.3) is 0 Å². The summed E-state index contributed by atoms with van der Waals surface area (Å²) in [5.74, 6) is -1.19. The number of carbonyl (C=O) groups is 3. The van der Waals surface area contributed by atoms with E-state index in [1.807, 2.05) is 5.32 Å². The van der Waals surface area contributed by atoms with Gasteiger partial charge in [0.15, 0.2) is 0 Å². The van der Waals surface area contributed by atoms with E-state index in [4.69, 9.17) is 10.8 Å². The van der Waals surface area contributed by atoms with E-state index in [0.29, 0.717) is 13.1 Å². The van der Waals surface area contributed by atoms with Gasteiger partial charge in [0, 0.05) is 13.1 Å². The Morgan fingerprint density at radius 1 is 1.40 bits per heavy atom. The molecule has 1 heterocycles. The van der Waals surface area contributed by atoms with E-state index in [-0.39, 0.29) is 18.9 Å². The van der Waals surface area contributed by atoms with Crippen molar-refractivity contribution in [1.29, 1.82) is 0 Å². The first-order valence-electron chi connectivity index (χ1n) is 4.51. The van der Waals surface area contributed by atoms with Crippen LogP contribution >= 0.6 is 0 Å². The molecule has 84 valence electrons. The first-order chi connectivity index (χ1) is 6.97. The highest BCUT2D eigenvalue weighted by Gasteiger charge is 2.29. The van der Waals surface area contributed by atoms with Gasteiger partial charge in [-0.05, 0) is 5.92 Å². The van der Waals surface area contributed by atoms with Crippen LogP contribution in [0, 0.1) is 5.92 Å². The summed E-state index contributed by atoms with van der Waals surface area (Å²) >= 11 is 0.